The Balaban J connectivity index is 2.36. The Hall–Kier alpha value is -2.34. The molecule has 2 rings (SSSR count). The molecule has 0 saturated carbocycles. The van der Waals surface area contributed by atoms with Crippen molar-refractivity contribution in [3.63, 3.8) is 0 Å². The van der Waals surface area contributed by atoms with Crippen LogP contribution in [-0.4, -0.2) is 45.1 Å². The van der Waals surface area contributed by atoms with E-state index in [0.717, 1.165) is 11.9 Å². The van der Waals surface area contributed by atoms with E-state index in [0.29, 0.717) is 18.1 Å². The first kappa shape index (κ1) is 15.1. The van der Waals surface area contributed by atoms with Gasteiger partial charge >= 0.3 is 5.97 Å². The number of nitrogens with zero attached hydrogens (tertiary/aromatic N) is 4. The number of carboxylic acid groups (broad SMARTS) is 1. The highest BCUT2D eigenvalue weighted by atomic mass is 32.2. The molecule has 1 aliphatic rings. The lowest BCUT2D eigenvalue weighted by molar-refractivity contribution is -0.385. The van der Waals surface area contributed by atoms with Crippen LogP contribution in [0, 0.1) is 21.4 Å². The maximum atomic E-state index is 10.9. The first-order valence-corrected chi connectivity index (χ1v) is 7.29. The summed E-state index contributed by atoms with van der Waals surface area (Å²) in [5, 5.41) is 28.9. The smallest absolute Gasteiger partial charge is 0.305 e. The van der Waals surface area contributed by atoms with Gasteiger partial charge in [0.25, 0.3) is 5.69 Å². The average Bonchev–Trinajstić information content (AvgIpc) is 2.46. The molecule has 1 atom stereocenters. The monoisotopic (exact) mass is 308 g/mol. The SMILES string of the molecule is N#Cc1cc([N+](=O)[O-])cnc1N1CCSCC1CC(=O)O. The van der Waals surface area contributed by atoms with Crippen LogP contribution in [0.2, 0.25) is 0 Å². The Labute approximate surface area is 124 Å². The molecule has 0 spiro atoms. The molecule has 1 unspecified atom stereocenters. The third kappa shape index (κ3) is 3.41. The van der Waals surface area contributed by atoms with Crippen LogP contribution in [0.15, 0.2) is 12.3 Å². The zero-order chi connectivity index (χ0) is 15.4. The van der Waals surface area contributed by atoms with E-state index in [9.17, 15) is 14.9 Å². The fourth-order valence-electron chi connectivity index (χ4n) is 2.16. The Bertz CT molecular complexity index is 616. The molecule has 9 heteroatoms. The van der Waals surface area contributed by atoms with E-state index in [4.69, 9.17) is 10.4 Å². The number of thioether (sulfide) groups is 1. The maximum Gasteiger partial charge on any atom is 0.305 e. The molecule has 0 aromatic carbocycles. The second kappa shape index (κ2) is 6.41. The van der Waals surface area contributed by atoms with E-state index < -0.39 is 10.9 Å². The Morgan fingerprint density at radius 3 is 3.10 bits per heavy atom. The van der Waals surface area contributed by atoms with Crippen molar-refractivity contribution < 1.29 is 14.8 Å². The highest BCUT2D eigenvalue weighted by molar-refractivity contribution is 7.99. The van der Waals surface area contributed by atoms with Crippen molar-refractivity contribution in [3.8, 4) is 6.07 Å². The summed E-state index contributed by atoms with van der Waals surface area (Å²) in [4.78, 5) is 26.8. The van der Waals surface area contributed by atoms with Gasteiger partial charge in [0.05, 0.1) is 11.3 Å². The number of aromatic nitrogens is 1. The molecule has 110 valence electrons. The van der Waals surface area contributed by atoms with Crippen molar-refractivity contribution in [2.75, 3.05) is 23.0 Å². The fourth-order valence-corrected chi connectivity index (χ4v) is 3.22. The molecule has 1 aliphatic heterocycles. The number of hydrogen-bond donors (Lipinski definition) is 1. The van der Waals surface area contributed by atoms with Crippen molar-refractivity contribution >= 4 is 29.2 Å². The number of anilines is 1. The third-order valence-corrected chi connectivity index (χ3v) is 4.19. The molecule has 1 aromatic rings. The zero-order valence-electron chi connectivity index (χ0n) is 10.9. The number of carbonyl (C=O) groups is 1. The van der Waals surface area contributed by atoms with E-state index in [2.05, 4.69) is 4.98 Å². The molecule has 1 N–H and O–H groups in total. The molecule has 8 nitrogen and oxygen atoms in total. The molecule has 1 aromatic heterocycles. The molecular formula is C12H12N4O4S. The lowest BCUT2D eigenvalue weighted by Gasteiger charge is -2.35. The number of hydrogen-bond acceptors (Lipinski definition) is 7. The van der Waals surface area contributed by atoms with Crippen LogP contribution < -0.4 is 4.90 Å². The van der Waals surface area contributed by atoms with Crippen LogP contribution in [0.5, 0.6) is 0 Å². The summed E-state index contributed by atoms with van der Waals surface area (Å²) in [6, 6.07) is 2.79. The molecular weight excluding hydrogens is 296 g/mol. The maximum absolute atomic E-state index is 10.9. The van der Waals surface area contributed by atoms with Gasteiger partial charge in [-0.15, -0.1) is 0 Å². The van der Waals surface area contributed by atoms with Crippen LogP contribution in [0.25, 0.3) is 0 Å². The molecule has 0 aliphatic carbocycles. The Morgan fingerprint density at radius 1 is 1.71 bits per heavy atom. The molecule has 1 fully saturated rings. The van der Waals surface area contributed by atoms with Crippen molar-refractivity contribution in [2.24, 2.45) is 0 Å². The minimum absolute atomic E-state index is 0.0590. The summed E-state index contributed by atoms with van der Waals surface area (Å²) in [6.07, 6.45) is 1.03. The van der Waals surface area contributed by atoms with Gasteiger partial charge < -0.3 is 10.0 Å². The van der Waals surface area contributed by atoms with Gasteiger partial charge in [-0.25, -0.2) is 4.98 Å². The van der Waals surface area contributed by atoms with Crippen LogP contribution in [0.3, 0.4) is 0 Å². The summed E-state index contributed by atoms with van der Waals surface area (Å²) in [5.41, 5.74) is -0.164. The van der Waals surface area contributed by atoms with Crippen molar-refractivity contribution in [3.05, 3.63) is 27.9 Å². The molecule has 0 amide bonds. The van der Waals surface area contributed by atoms with Crippen LogP contribution in [0.4, 0.5) is 11.5 Å². The van der Waals surface area contributed by atoms with Crippen molar-refractivity contribution in [1.29, 1.82) is 5.26 Å². The number of nitriles is 1. The van der Waals surface area contributed by atoms with Gasteiger partial charge in [-0.3, -0.25) is 14.9 Å². The number of carboxylic acids is 1. The van der Waals surface area contributed by atoms with Gasteiger partial charge in [-0.05, 0) is 0 Å². The summed E-state index contributed by atoms with van der Waals surface area (Å²) in [6.45, 7) is 0.558. The van der Waals surface area contributed by atoms with Crippen LogP contribution >= 0.6 is 11.8 Å². The predicted octanol–water partition coefficient (Wildman–Crippen LogP) is 1.26. The first-order chi connectivity index (χ1) is 10.0. The molecule has 2 heterocycles. The second-order valence-electron chi connectivity index (χ2n) is 4.45. The van der Waals surface area contributed by atoms with Gasteiger partial charge in [-0.1, -0.05) is 0 Å². The highest BCUT2D eigenvalue weighted by Gasteiger charge is 2.28. The van der Waals surface area contributed by atoms with E-state index in [1.54, 1.807) is 16.7 Å². The minimum Gasteiger partial charge on any atom is -0.481 e. The third-order valence-electron chi connectivity index (χ3n) is 3.09. The van der Waals surface area contributed by atoms with Crippen molar-refractivity contribution in [2.45, 2.75) is 12.5 Å². The highest BCUT2D eigenvalue weighted by Crippen LogP contribution is 2.28. The first-order valence-electron chi connectivity index (χ1n) is 6.13. The number of rotatable bonds is 4. The standard InChI is InChI=1S/C12H12N4O4S/c13-5-8-3-9(16(19)20)6-14-12(8)15-1-2-21-7-10(15)4-11(17)18/h3,6,10H,1-2,4,7H2,(H,17,18). The van der Waals surface area contributed by atoms with Gasteiger partial charge in [-0.2, -0.15) is 17.0 Å². The molecule has 21 heavy (non-hydrogen) atoms. The van der Waals surface area contributed by atoms with Gasteiger partial charge in [0.15, 0.2) is 0 Å². The Morgan fingerprint density at radius 2 is 2.48 bits per heavy atom. The van der Waals surface area contributed by atoms with Gasteiger partial charge in [0.2, 0.25) is 0 Å². The summed E-state index contributed by atoms with van der Waals surface area (Å²) >= 11 is 1.64. The summed E-state index contributed by atoms with van der Waals surface area (Å²) in [7, 11) is 0. The zero-order valence-corrected chi connectivity index (χ0v) is 11.7. The second-order valence-corrected chi connectivity index (χ2v) is 5.60. The normalized spacial score (nSPS) is 18.0. The van der Waals surface area contributed by atoms with Crippen LogP contribution in [0.1, 0.15) is 12.0 Å². The summed E-state index contributed by atoms with van der Waals surface area (Å²) in [5.74, 6) is 0.803. The lowest BCUT2D eigenvalue weighted by Crippen LogP contribution is -2.44. The lowest BCUT2D eigenvalue weighted by atomic mass is 10.1. The summed E-state index contributed by atoms with van der Waals surface area (Å²) < 4.78 is 0. The average molecular weight is 308 g/mol. The quantitative estimate of drug-likeness (QED) is 0.652. The number of pyridine rings is 1. The minimum atomic E-state index is -0.923. The van der Waals surface area contributed by atoms with E-state index in [-0.39, 0.29) is 23.7 Å². The number of nitro groups is 1. The number of aliphatic carboxylic acids is 1. The predicted molar refractivity (Wildman–Crippen MR) is 76.3 cm³/mol. The van der Waals surface area contributed by atoms with E-state index in [1.165, 1.54) is 6.07 Å². The molecule has 0 bridgehead atoms. The van der Waals surface area contributed by atoms with Gasteiger partial charge in [0, 0.05) is 30.2 Å². The van der Waals surface area contributed by atoms with Crippen LogP contribution in [-0.2, 0) is 4.79 Å². The van der Waals surface area contributed by atoms with E-state index >= 15 is 0 Å². The fraction of sp³-hybridized carbons (Fsp3) is 0.417. The van der Waals surface area contributed by atoms with E-state index in [1.807, 2.05) is 6.07 Å². The molecule has 0 radical (unpaired) electrons. The van der Waals surface area contributed by atoms with Crippen molar-refractivity contribution in [1.82, 2.24) is 4.98 Å². The Kier molecular flexibility index (Phi) is 4.59. The van der Waals surface area contributed by atoms with Gasteiger partial charge in [0.1, 0.15) is 23.6 Å². The topological polar surface area (TPSA) is 120 Å². The molecule has 1 saturated heterocycles. The largest absolute Gasteiger partial charge is 0.481 e.